The van der Waals surface area contributed by atoms with Crippen molar-refractivity contribution in [3.63, 3.8) is 0 Å². The van der Waals surface area contributed by atoms with Crippen LogP contribution >= 0.6 is 0 Å². The van der Waals surface area contributed by atoms with Gasteiger partial charge in [-0.05, 0) is 18.6 Å². The van der Waals surface area contributed by atoms with Gasteiger partial charge in [0, 0.05) is 12.4 Å². The number of hydrogen-bond acceptors (Lipinski definition) is 3. The van der Waals surface area contributed by atoms with Crippen molar-refractivity contribution in [2.24, 2.45) is 10.1 Å². The van der Waals surface area contributed by atoms with Gasteiger partial charge < -0.3 is 0 Å². The van der Waals surface area contributed by atoms with Crippen LogP contribution in [0.3, 0.4) is 0 Å². The van der Waals surface area contributed by atoms with E-state index in [2.05, 4.69) is 17.0 Å². The quantitative estimate of drug-likeness (QED) is 0.479. The number of rotatable bonds is 0. The lowest BCUT2D eigenvalue weighted by atomic mass is 10.2. The molecule has 0 fully saturated rings. The third kappa shape index (κ3) is 0.667. The number of nitrogens with zero attached hydrogens (tertiary/aromatic N) is 3. The van der Waals surface area contributed by atoms with E-state index in [1.54, 1.807) is 0 Å². The van der Waals surface area contributed by atoms with Gasteiger partial charge in [0.15, 0.2) is 6.17 Å². The highest BCUT2D eigenvalue weighted by atomic mass is 15.5. The molecule has 2 aliphatic rings. The van der Waals surface area contributed by atoms with Crippen LogP contribution in [-0.2, 0) is 0 Å². The number of aliphatic imine (C=N–C) groups is 1. The molecule has 0 N–H and O–H groups in total. The minimum Gasteiger partial charge on any atom is -0.265 e. The Bertz CT molecular complexity index is 227. The highest BCUT2D eigenvalue weighted by Crippen LogP contribution is 2.17. The molecule has 0 saturated carbocycles. The second-order valence-corrected chi connectivity index (χ2v) is 2.50. The summed E-state index contributed by atoms with van der Waals surface area (Å²) in [6, 6.07) is 0. The molecule has 1 unspecified atom stereocenters. The summed E-state index contributed by atoms with van der Waals surface area (Å²) in [5.41, 5.74) is 1.27. The maximum Gasteiger partial charge on any atom is 0.158 e. The molecule has 0 radical (unpaired) electrons. The monoisotopic (exact) mass is 135 g/mol. The highest BCUT2D eigenvalue weighted by molar-refractivity contribution is 5.75. The molecule has 1 atom stereocenters. The number of allylic oxidation sites excluding steroid dienone is 1. The average molecular weight is 135 g/mol. The second kappa shape index (κ2) is 1.94. The fourth-order valence-corrected chi connectivity index (χ4v) is 1.19. The Balaban J connectivity index is 2.30. The average Bonchev–Trinajstić information content (AvgIpc) is 2.36. The van der Waals surface area contributed by atoms with E-state index in [0.29, 0.717) is 0 Å². The lowest BCUT2D eigenvalue weighted by molar-refractivity contribution is 0.292. The van der Waals surface area contributed by atoms with Gasteiger partial charge >= 0.3 is 0 Å². The first-order valence-corrected chi connectivity index (χ1v) is 3.37. The van der Waals surface area contributed by atoms with Crippen LogP contribution in [0.1, 0.15) is 6.92 Å². The van der Waals surface area contributed by atoms with Gasteiger partial charge in [-0.2, -0.15) is 5.10 Å². The zero-order valence-electron chi connectivity index (χ0n) is 5.86. The summed E-state index contributed by atoms with van der Waals surface area (Å²) >= 11 is 0. The smallest absolute Gasteiger partial charge is 0.158 e. The van der Waals surface area contributed by atoms with E-state index in [1.165, 1.54) is 5.57 Å². The van der Waals surface area contributed by atoms with Crippen LogP contribution in [0.4, 0.5) is 0 Å². The van der Waals surface area contributed by atoms with Crippen LogP contribution in [0, 0.1) is 0 Å². The first-order chi connectivity index (χ1) is 4.88. The molecule has 52 valence electrons. The summed E-state index contributed by atoms with van der Waals surface area (Å²) in [5, 5.41) is 6.12. The van der Waals surface area contributed by atoms with Crippen molar-refractivity contribution in [3.05, 3.63) is 11.6 Å². The maximum atomic E-state index is 4.26. The Morgan fingerprint density at radius 2 is 2.60 bits per heavy atom. The van der Waals surface area contributed by atoms with Crippen LogP contribution in [0.5, 0.6) is 0 Å². The molecule has 0 bridgehead atoms. The van der Waals surface area contributed by atoms with Gasteiger partial charge in [-0.15, -0.1) is 0 Å². The highest BCUT2D eigenvalue weighted by Gasteiger charge is 2.21. The molecule has 0 saturated heterocycles. The van der Waals surface area contributed by atoms with Crippen LogP contribution < -0.4 is 0 Å². The zero-order valence-corrected chi connectivity index (χ0v) is 5.86. The second-order valence-electron chi connectivity index (χ2n) is 2.50. The first-order valence-electron chi connectivity index (χ1n) is 3.37. The standard InChI is InChI=1S/C7H9N3/c1-6-2-3-9-10-5-4-8-7(6)10/h2-4,7H,5H2,1H3. The molecule has 0 aromatic carbocycles. The van der Waals surface area contributed by atoms with Crippen molar-refractivity contribution < 1.29 is 0 Å². The van der Waals surface area contributed by atoms with E-state index < -0.39 is 0 Å². The van der Waals surface area contributed by atoms with Crippen LogP contribution in [-0.4, -0.2) is 30.1 Å². The maximum absolute atomic E-state index is 4.26. The van der Waals surface area contributed by atoms with E-state index in [4.69, 9.17) is 0 Å². The minimum absolute atomic E-state index is 0.199. The summed E-state index contributed by atoms with van der Waals surface area (Å²) in [6.45, 7) is 2.93. The Kier molecular flexibility index (Phi) is 1.09. The van der Waals surface area contributed by atoms with Crippen molar-refractivity contribution in [3.8, 4) is 0 Å². The molecule has 0 aromatic heterocycles. The summed E-state index contributed by atoms with van der Waals surface area (Å²) in [5.74, 6) is 0. The Hall–Kier alpha value is -1.12. The number of fused-ring (bicyclic) bond motifs is 1. The summed E-state index contributed by atoms with van der Waals surface area (Å²) in [4.78, 5) is 4.26. The number of hydrazone groups is 1. The summed E-state index contributed by atoms with van der Waals surface area (Å²) < 4.78 is 0. The largest absolute Gasteiger partial charge is 0.265 e. The fraction of sp³-hybridized carbons (Fsp3) is 0.429. The van der Waals surface area contributed by atoms with E-state index >= 15 is 0 Å². The third-order valence-corrected chi connectivity index (χ3v) is 1.76. The topological polar surface area (TPSA) is 28.0 Å². The Labute approximate surface area is 59.7 Å². The molecule has 0 aromatic rings. The van der Waals surface area contributed by atoms with Crippen molar-refractivity contribution in [2.45, 2.75) is 13.1 Å². The molecule has 10 heavy (non-hydrogen) atoms. The van der Waals surface area contributed by atoms with Crippen molar-refractivity contribution >= 4 is 12.4 Å². The summed E-state index contributed by atoms with van der Waals surface area (Å²) in [6.07, 6.45) is 5.93. The molecule has 0 amide bonds. The van der Waals surface area contributed by atoms with Gasteiger partial charge in [-0.1, -0.05) is 0 Å². The number of hydrogen-bond donors (Lipinski definition) is 0. The van der Waals surface area contributed by atoms with Gasteiger partial charge in [-0.25, -0.2) is 0 Å². The molecule has 2 aliphatic heterocycles. The predicted octanol–water partition coefficient (Wildman–Crippen LogP) is 0.645. The fourth-order valence-electron chi connectivity index (χ4n) is 1.19. The molecule has 2 heterocycles. The van der Waals surface area contributed by atoms with Gasteiger partial charge in [0.25, 0.3) is 0 Å². The van der Waals surface area contributed by atoms with E-state index in [-0.39, 0.29) is 6.17 Å². The van der Waals surface area contributed by atoms with Crippen LogP contribution in [0.15, 0.2) is 21.7 Å². The van der Waals surface area contributed by atoms with E-state index in [9.17, 15) is 0 Å². The SMILES string of the molecule is CC1=CC=NN2CC=NC12. The van der Waals surface area contributed by atoms with E-state index in [1.807, 2.05) is 23.5 Å². The van der Waals surface area contributed by atoms with Crippen LogP contribution in [0.2, 0.25) is 0 Å². The minimum atomic E-state index is 0.199. The molecule has 0 spiro atoms. The molecule has 0 aliphatic carbocycles. The molecule has 2 rings (SSSR count). The van der Waals surface area contributed by atoms with Crippen LogP contribution in [0.25, 0.3) is 0 Å². The van der Waals surface area contributed by atoms with Crippen molar-refractivity contribution in [1.29, 1.82) is 0 Å². The predicted molar refractivity (Wildman–Crippen MR) is 41.2 cm³/mol. The zero-order chi connectivity index (χ0) is 6.97. The van der Waals surface area contributed by atoms with Gasteiger partial charge in [0.05, 0.1) is 6.54 Å². The molecular weight excluding hydrogens is 126 g/mol. The first kappa shape index (κ1) is 5.65. The normalized spacial score (nSPS) is 28.7. The van der Waals surface area contributed by atoms with E-state index in [0.717, 1.165) is 6.54 Å². The van der Waals surface area contributed by atoms with Crippen molar-refractivity contribution in [2.75, 3.05) is 6.54 Å². The third-order valence-electron chi connectivity index (χ3n) is 1.76. The van der Waals surface area contributed by atoms with Gasteiger partial charge in [-0.3, -0.25) is 10.0 Å². The van der Waals surface area contributed by atoms with Crippen molar-refractivity contribution in [1.82, 2.24) is 5.01 Å². The lowest BCUT2D eigenvalue weighted by Crippen LogP contribution is -2.28. The molecule has 3 nitrogen and oxygen atoms in total. The molecular formula is C7H9N3. The molecule has 3 heteroatoms. The summed E-state index contributed by atoms with van der Waals surface area (Å²) in [7, 11) is 0. The lowest BCUT2D eigenvalue weighted by Gasteiger charge is -2.22. The Morgan fingerprint density at radius 1 is 1.70 bits per heavy atom. The Morgan fingerprint density at radius 3 is 3.40 bits per heavy atom. The van der Waals surface area contributed by atoms with Gasteiger partial charge in [0.2, 0.25) is 0 Å². The van der Waals surface area contributed by atoms with Gasteiger partial charge in [0.1, 0.15) is 0 Å².